The Morgan fingerprint density at radius 1 is 0.926 bits per heavy atom. The molecule has 0 aromatic carbocycles. The minimum atomic E-state index is -0.968. The first-order valence-electron chi connectivity index (χ1n) is 9.46. The van der Waals surface area contributed by atoms with Crippen LogP contribution in [-0.4, -0.2) is 47.7 Å². The molecule has 0 spiro atoms. The van der Waals surface area contributed by atoms with Crippen molar-refractivity contribution in [1.29, 1.82) is 0 Å². The molecule has 8 nitrogen and oxygen atoms in total. The predicted molar refractivity (Wildman–Crippen MR) is 104 cm³/mol. The van der Waals surface area contributed by atoms with Gasteiger partial charge in [0.25, 0.3) is 0 Å². The number of rotatable bonds is 10. The van der Waals surface area contributed by atoms with Gasteiger partial charge in [0, 0.05) is 6.42 Å². The van der Waals surface area contributed by atoms with E-state index in [1.807, 2.05) is 0 Å². The first-order valence-corrected chi connectivity index (χ1v) is 9.46. The molecule has 0 rings (SSSR count). The summed E-state index contributed by atoms with van der Waals surface area (Å²) in [6, 6.07) is -1.71. The minimum absolute atomic E-state index is 0.0239. The van der Waals surface area contributed by atoms with Crippen LogP contribution in [0, 0.1) is 0 Å². The molecular weight excluding hydrogens is 350 g/mol. The van der Waals surface area contributed by atoms with Gasteiger partial charge in [0.15, 0.2) is 0 Å². The van der Waals surface area contributed by atoms with E-state index in [1.54, 1.807) is 41.5 Å². The van der Waals surface area contributed by atoms with E-state index in [4.69, 9.17) is 20.9 Å². The van der Waals surface area contributed by atoms with Crippen LogP contribution in [-0.2, 0) is 23.9 Å². The van der Waals surface area contributed by atoms with Crippen molar-refractivity contribution in [2.45, 2.75) is 96.9 Å². The molecule has 158 valence electrons. The van der Waals surface area contributed by atoms with E-state index in [2.05, 4.69) is 5.32 Å². The van der Waals surface area contributed by atoms with E-state index in [9.17, 15) is 14.4 Å². The van der Waals surface area contributed by atoms with Crippen molar-refractivity contribution in [3.05, 3.63) is 0 Å². The molecule has 0 aromatic heterocycles. The van der Waals surface area contributed by atoms with Gasteiger partial charge in [-0.05, 0) is 67.3 Å². The Kier molecular flexibility index (Phi) is 10.5. The summed E-state index contributed by atoms with van der Waals surface area (Å²) in [5.74, 6) is -1.50. The van der Waals surface area contributed by atoms with Crippen molar-refractivity contribution in [3.63, 3.8) is 0 Å². The van der Waals surface area contributed by atoms with Crippen molar-refractivity contribution in [2.24, 2.45) is 11.5 Å². The van der Waals surface area contributed by atoms with Gasteiger partial charge in [0.2, 0.25) is 5.91 Å². The topological polar surface area (TPSA) is 134 Å². The number of hydrogen-bond donors (Lipinski definition) is 3. The molecule has 8 heteroatoms. The second-order valence-corrected chi connectivity index (χ2v) is 8.61. The molecule has 0 aliphatic carbocycles. The highest BCUT2D eigenvalue weighted by atomic mass is 16.6. The van der Waals surface area contributed by atoms with Crippen LogP contribution in [0.2, 0.25) is 0 Å². The van der Waals surface area contributed by atoms with Crippen LogP contribution in [0.15, 0.2) is 0 Å². The molecule has 0 unspecified atom stereocenters. The molecule has 1 amide bonds. The third kappa shape index (κ3) is 13.2. The van der Waals surface area contributed by atoms with Gasteiger partial charge in [0.1, 0.15) is 17.2 Å². The summed E-state index contributed by atoms with van der Waals surface area (Å²) in [7, 11) is 0. The normalized spacial score (nSPS) is 14.2. The molecule has 0 aliphatic heterocycles. The van der Waals surface area contributed by atoms with E-state index in [-0.39, 0.29) is 12.8 Å². The standard InChI is InChI=1S/C19H37N3O5/c1-18(2,3)26-15(23)11-10-14(17(25)27-19(4,5)6)22-16(24)13(21)9-7-8-12-20/h13-14H,7-12,20-21H2,1-6H3,(H,22,24)/t13-,14-/m0/s1. The Morgan fingerprint density at radius 3 is 1.96 bits per heavy atom. The van der Waals surface area contributed by atoms with Crippen LogP contribution in [0.25, 0.3) is 0 Å². The van der Waals surface area contributed by atoms with Gasteiger partial charge in [-0.1, -0.05) is 6.42 Å². The maximum absolute atomic E-state index is 12.4. The van der Waals surface area contributed by atoms with Crippen molar-refractivity contribution >= 4 is 17.8 Å². The summed E-state index contributed by atoms with van der Waals surface area (Å²) in [6.45, 7) is 11.0. The summed E-state index contributed by atoms with van der Waals surface area (Å²) < 4.78 is 10.6. The zero-order valence-corrected chi connectivity index (χ0v) is 17.6. The van der Waals surface area contributed by atoms with E-state index < -0.39 is 41.1 Å². The van der Waals surface area contributed by atoms with Gasteiger partial charge in [-0.3, -0.25) is 9.59 Å². The molecule has 5 N–H and O–H groups in total. The second kappa shape index (κ2) is 11.2. The quantitative estimate of drug-likeness (QED) is 0.381. The number of nitrogens with two attached hydrogens (primary N) is 2. The van der Waals surface area contributed by atoms with Gasteiger partial charge < -0.3 is 26.3 Å². The molecule has 0 aromatic rings. The maximum atomic E-state index is 12.4. The van der Waals surface area contributed by atoms with Crippen LogP contribution >= 0.6 is 0 Å². The zero-order valence-electron chi connectivity index (χ0n) is 17.6. The van der Waals surface area contributed by atoms with Crippen LogP contribution in [0.3, 0.4) is 0 Å². The van der Waals surface area contributed by atoms with Crippen molar-refractivity contribution in [1.82, 2.24) is 5.32 Å². The molecular formula is C19H37N3O5. The average molecular weight is 388 g/mol. The SMILES string of the molecule is CC(C)(C)OC(=O)CC[C@H](NC(=O)[C@@H](N)CCCCN)C(=O)OC(C)(C)C. The summed E-state index contributed by atoms with van der Waals surface area (Å²) in [4.78, 5) is 36.7. The Labute approximate surface area is 162 Å². The number of amides is 1. The fourth-order valence-corrected chi connectivity index (χ4v) is 2.20. The fraction of sp³-hybridized carbons (Fsp3) is 0.842. The summed E-state index contributed by atoms with van der Waals surface area (Å²) >= 11 is 0. The fourth-order valence-electron chi connectivity index (χ4n) is 2.20. The van der Waals surface area contributed by atoms with E-state index in [1.165, 1.54) is 0 Å². The molecule has 27 heavy (non-hydrogen) atoms. The zero-order chi connectivity index (χ0) is 21.3. The van der Waals surface area contributed by atoms with Gasteiger partial charge in [-0.2, -0.15) is 0 Å². The smallest absolute Gasteiger partial charge is 0.329 e. The summed E-state index contributed by atoms with van der Waals surface area (Å²) in [5.41, 5.74) is 9.98. The predicted octanol–water partition coefficient (Wildman–Crippen LogP) is 1.39. The Bertz CT molecular complexity index is 495. The lowest BCUT2D eigenvalue weighted by Crippen LogP contribution is -2.50. The highest BCUT2D eigenvalue weighted by Crippen LogP contribution is 2.14. The minimum Gasteiger partial charge on any atom is -0.460 e. The molecule has 0 bridgehead atoms. The molecule has 0 saturated heterocycles. The number of esters is 2. The Balaban J connectivity index is 4.90. The van der Waals surface area contributed by atoms with Gasteiger partial charge in [-0.25, -0.2) is 4.79 Å². The largest absolute Gasteiger partial charge is 0.460 e. The molecule has 2 atom stereocenters. The molecule has 0 heterocycles. The first-order chi connectivity index (χ1) is 12.2. The molecule has 0 radical (unpaired) electrons. The van der Waals surface area contributed by atoms with Crippen molar-refractivity contribution in [3.8, 4) is 0 Å². The van der Waals surface area contributed by atoms with Crippen molar-refractivity contribution in [2.75, 3.05) is 6.54 Å². The molecule has 0 saturated carbocycles. The third-order valence-corrected chi connectivity index (χ3v) is 3.37. The van der Waals surface area contributed by atoms with Crippen LogP contribution in [0.4, 0.5) is 0 Å². The Hall–Kier alpha value is -1.67. The number of ether oxygens (including phenoxy) is 2. The summed E-state index contributed by atoms with van der Waals surface area (Å²) in [6.07, 6.45) is 2.01. The monoisotopic (exact) mass is 387 g/mol. The average Bonchev–Trinajstić information content (AvgIpc) is 2.47. The van der Waals surface area contributed by atoms with E-state index in [0.29, 0.717) is 13.0 Å². The van der Waals surface area contributed by atoms with Crippen LogP contribution in [0.5, 0.6) is 0 Å². The molecule has 0 aliphatic rings. The number of nitrogens with one attached hydrogen (secondary N) is 1. The number of hydrogen-bond acceptors (Lipinski definition) is 7. The van der Waals surface area contributed by atoms with Crippen LogP contribution in [0.1, 0.15) is 73.6 Å². The number of unbranched alkanes of at least 4 members (excludes halogenated alkanes) is 1. The maximum Gasteiger partial charge on any atom is 0.329 e. The number of carbonyl (C=O) groups excluding carboxylic acids is 3. The second-order valence-electron chi connectivity index (χ2n) is 8.61. The Morgan fingerprint density at radius 2 is 1.48 bits per heavy atom. The van der Waals surface area contributed by atoms with Crippen LogP contribution < -0.4 is 16.8 Å². The summed E-state index contributed by atoms with van der Waals surface area (Å²) in [5, 5.41) is 2.61. The van der Waals surface area contributed by atoms with Gasteiger partial charge in [-0.15, -0.1) is 0 Å². The van der Waals surface area contributed by atoms with E-state index >= 15 is 0 Å². The molecule has 0 fully saturated rings. The number of carbonyl (C=O) groups is 3. The highest BCUT2D eigenvalue weighted by molar-refractivity contribution is 5.87. The lowest BCUT2D eigenvalue weighted by molar-refractivity contribution is -0.160. The third-order valence-electron chi connectivity index (χ3n) is 3.37. The lowest BCUT2D eigenvalue weighted by Gasteiger charge is -2.26. The highest BCUT2D eigenvalue weighted by Gasteiger charge is 2.29. The van der Waals surface area contributed by atoms with Gasteiger partial charge >= 0.3 is 11.9 Å². The lowest BCUT2D eigenvalue weighted by atomic mass is 10.1. The first kappa shape index (κ1) is 25.3. The van der Waals surface area contributed by atoms with E-state index in [0.717, 1.165) is 12.8 Å². The van der Waals surface area contributed by atoms with Crippen molar-refractivity contribution < 1.29 is 23.9 Å². The van der Waals surface area contributed by atoms with Gasteiger partial charge in [0.05, 0.1) is 6.04 Å².